The van der Waals surface area contributed by atoms with Gasteiger partial charge in [0.05, 0.1) is 12.1 Å². The summed E-state index contributed by atoms with van der Waals surface area (Å²) in [6, 6.07) is 9.04. The number of hydrogen-bond acceptors (Lipinski definition) is 3. The van der Waals surface area contributed by atoms with E-state index in [0.29, 0.717) is 25.3 Å². The number of hydrogen-bond donors (Lipinski definition) is 2. The number of amides is 3. The van der Waals surface area contributed by atoms with E-state index in [9.17, 15) is 22.8 Å². The van der Waals surface area contributed by atoms with Crippen LogP contribution >= 0.6 is 0 Å². The lowest BCUT2D eigenvalue weighted by molar-refractivity contribution is -0.137. The zero-order valence-corrected chi connectivity index (χ0v) is 14.8. The Bertz CT molecular complexity index is 882. The van der Waals surface area contributed by atoms with Gasteiger partial charge < -0.3 is 20.7 Å². The van der Waals surface area contributed by atoms with E-state index in [4.69, 9.17) is 10.5 Å². The Labute approximate surface area is 159 Å². The molecule has 0 radical (unpaired) electrons. The number of carbonyl (C=O) groups is 2. The third-order valence-electron chi connectivity index (χ3n) is 4.37. The smallest absolute Gasteiger partial charge is 0.416 e. The van der Waals surface area contributed by atoms with Gasteiger partial charge in [-0.25, -0.2) is 4.79 Å². The zero-order valence-electron chi connectivity index (χ0n) is 14.8. The third-order valence-corrected chi connectivity index (χ3v) is 4.37. The number of alkyl halides is 3. The molecule has 0 saturated heterocycles. The van der Waals surface area contributed by atoms with Crippen molar-refractivity contribution in [2.75, 3.05) is 13.1 Å². The van der Waals surface area contributed by atoms with Crippen molar-refractivity contribution in [3.8, 4) is 11.5 Å². The van der Waals surface area contributed by atoms with Crippen LogP contribution in [0.4, 0.5) is 18.0 Å². The third kappa shape index (κ3) is 4.73. The van der Waals surface area contributed by atoms with Crippen molar-refractivity contribution in [3.05, 3.63) is 59.2 Å². The summed E-state index contributed by atoms with van der Waals surface area (Å²) in [6.07, 6.45) is -3.75. The summed E-state index contributed by atoms with van der Waals surface area (Å²) in [5.74, 6) is 0.490. The minimum atomic E-state index is -4.40. The van der Waals surface area contributed by atoms with Gasteiger partial charge >= 0.3 is 12.2 Å². The monoisotopic (exact) mass is 393 g/mol. The van der Waals surface area contributed by atoms with Gasteiger partial charge in [0.2, 0.25) is 5.91 Å². The van der Waals surface area contributed by atoms with Gasteiger partial charge in [-0.2, -0.15) is 13.2 Å². The number of nitrogens with one attached hydrogen (secondary N) is 1. The van der Waals surface area contributed by atoms with Crippen LogP contribution < -0.4 is 15.8 Å². The van der Waals surface area contributed by atoms with Gasteiger partial charge in [0.25, 0.3) is 0 Å². The van der Waals surface area contributed by atoms with Crippen LogP contribution in [0, 0.1) is 0 Å². The van der Waals surface area contributed by atoms with Crippen LogP contribution in [0.25, 0.3) is 0 Å². The average Bonchev–Trinajstić information content (AvgIpc) is 2.65. The van der Waals surface area contributed by atoms with E-state index in [1.54, 1.807) is 17.0 Å². The first kappa shape index (κ1) is 19.5. The van der Waals surface area contributed by atoms with Crippen LogP contribution in [0.15, 0.2) is 42.5 Å². The summed E-state index contributed by atoms with van der Waals surface area (Å²) in [7, 11) is 0. The van der Waals surface area contributed by atoms with Crippen LogP contribution in [-0.2, 0) is 23.9 Å². The number of urea groups is 1. The molecule has 2 aromatic rings. The van der Waals surface area contributed by atoms with E-state index in [1.165, 1.54) is 12.1 Å². The molecule has 2 aromatic carbocycles. The molecule has 0 bridgehead atoms. The molecule has 3 rings (SSSR count). The Balaban J connectivity index is 1.69. The number of ether oxygens (including phenoxy) is 1. The Morgan fingerprint density at radius 1 is 1.07 bits per heavy atom. The first-order valence-corrected chi connectivity index (χ1v) is 8.50. The van der Waals surface area contributed by atoms with Crippen molar-refractivity contribution in [2.24, 2.45) is 5.73 Å². The number of carbonyl (C=O) groups excluding carboxylic acids is 2. The second-order valence-electron chi connectivity index (χ2n) is 6.34. The lowest BCUT2D eigenvalue weighted by Gasteiger charge is -2.29. The molecule has 1 aliphatic heterocycles. The number of nitrogens with zero attached hydrogens (tertiary/aromatic N) is 1. The van der Waals surface area contributed by atoms with Gasteiger partial charge in [-0.05, 0) is 53.9 Å². The molecule has 0 atom stereocenters. The van der Waals surface area contributed by atoms with Crippen LogP contribution in [0.3, 0.4) is 0 Å². The average molecular weight is 393 g/mol. The predicted octanol–water partition coefficient (Wildman–Crippen LogP) is 3.05. The Morgan fingerprint density at radius 3 is 2.39 bits per heavy atom. The van der Waals surface area contributed by atoms with Gasteiger partial charge in [-0.3, -0.25) is 4.79 Å². The summed E-state index contributed by atoms with van der Waals surface area (Å²) in [5, 5.41) is 2.27. The standard InChI is InChI=1S/C19H18F3N3O3/c20-19(21,22)14-2-5-15(6-3-14)28-16-4-1-12-7-8-25(11-13(12)9-16)17(26)10-24-18(23)27/h1-6,9H,7-8,10-11H2,(H3,23,24,27). The van der Waals surface area contributed by atoms with Gasteiger partial charge in [0.15, 0.2) is 0 Å². The lowest BCUT2D eigenvalue weighted by atomic mass is 9.99. The van der Waals surface area contributed by atoms with Gasteiger partial charge in [0.1, 0.15) is 11.5 Å². The fourth-order valence-corrected chi connectivity index (χ4v) is 2.93. The largest absolute Gasteiger partial charge is 0.457 e. The topological polar surface area (TPSA) is 84.7 Å². The van der Waals surface area contributed by atoms with Gasteiger partial charge in [0, 0.05) is 13.1 Å². The highest BCUT2D eigenvalue weighted by Gasteiger charge is 2.30. The maximum absolute atomic E-state index is 12.6. The molecule has 28 heavy (non-hydrogen) atoms. The van der Waals surface area contributed by atoms with E-state index in [-0.39, 0.29) is 18.2 Å². The molecular formula is C19H18F3N3O3. The van der Waals surface area contributed by atoms with E-state index < -0.39 is 17.8 Å². The maximum Gasteiger partial charge on any atom is 0.416 e. The minimum absolute atomic E-state index is 0.174. The second-order valence-corrected chi connectivity index (χ2v) is 6.34. The number of rotatable bonds is 4. The first-order chi connectivity index (χ1) is 13.2. The fraction of sp³-hybridized carbons (Fsp3) is 0.263. The highest BCUT2D eigenvalue weighted by molar-refractivity contribution is 5.83. The molecule has 6 nitrogen and oxygen atoms in total. The normalized spacial score (nSPS) is 13.6. The Kier molecular flexibility index (Phi) is 5.43. The van der Waals surface area contributed by atoms with Crippen LogP contribution in [0.2, 0.25) is 0 Å². The van der Waals surface area contributed by atoms with Crippen molar-refractivity contribution in [1.82, 2.24) is 10.2 Å². The molecule has 0 aliphatic carbocycles. The summed E-state index contributed by atoms with van der Waals surface area (Å²) in [5.41, 5.74) is 6.17. The minimum Gasteiger partial charge on any atom is -0.457 e. The molecule has 0 saturated carbocycles. The SMILES string of the molecule is NC(=O)NCC(=O)N1CCc2ccc(Oc3ccc(C(F)(F)F)cc3)cc2C1. The first-order valence-electron chi connectivity index (χ1n) is 8.50. The Hall–Kier alpha value is -3.23. The predicted molar refractivity (Wildman–Crippen MR) is 94.7 cm³/mol. The van der Waals surface area contributed by atoms with Crippen LogP contribution in [-0.4, -0.2) is 29.9 Å². The quantitative estimate of drug-likeness (QED) is 0.837. The van der Waals surface area contributed by atoms with Crippen molar-refractivity contribution in [2.45, 2.75) is 19.1 Å². The molecule has 1 heterocycles. The number of benzene rings is 2. The molecule has 0 spiro atoms. The second kappa shape index (κ2) is 7.79. The molecule has 3 N–H and O–H groups in total. The molecule has 1 aliphatic rings. The van der Waals surface area contributed by atoms with Crippen molar-refractivity contribution < 1.29 is 27.5 Å². The van der Waals surface area contributed by atoms with E-state index >= 15 is 0 Å². The molecule has 0 fully saturated rings. The fourth-order valence-electron chi connectivity index (χ4n) is 2.93. The molecule has 9 heteroatoms. The summed E-state index contributed by atoms with van der Waals surface area (Å²) in [4.78, 5) is 24.5. The molecule has 0 unspecified atom stereocenters. The number of halogens is 3. The highest BCUT2D eigenvalue weighted by Crippen LogP contribution is 2.32. The number of primary amides is 1. The van der Waals surface area contributed by atoms with Crippen molar-refractivity contribution in [1.29, 1.82) is 0 Å². The van der Waals surface area contributed by atoms with Crippen molar-refractivity contribution >= 4 is 11.9 Å². The van der Waals surface area contributed by atoms with E-state index in [0.717, 1.165) is 23.3 Å². The van der Waals surface area contributed by atoms with Gasteiger partial charge in [-0.15, -0.1) is 0 Å². The van der Waals surface area contributed by atoms with Crippen LogP contribution in [0.1, 0.15) is 16.7 Å². The number of fused-ring (bicyclic) bond motifs is 1. The summed E-state index contributed by atoms with van der Waals surface area (Å²) in [6.45, 7) is 0.691. The van der Waals surface area contributed by atoms with Crippen molar-refractivity contribution in [3.63, 3.8) is 0 Å². The van der Waals surface area contributed by atoms with E-state index in [2.05, 4.69) is 5.32 Å². The summed E-state index contributed by atoms with van der Waals surface area (Å²) < 4.78 is 43.5. The Morgan fingerprint density at radius 2 is 1.75 bits per heavy atom. The zero-order chi connectivity index (χ0) is 20.3. The molecule has 0 aromatic heterocycles. The number of nitrogens with two attached hydrogens (primary N) is 1. The molecule has 3 amide bonds. The van der Waals surface area contributed by atoms with E-state index in [1.807, 2.05) is 6.07 Å². The van der Waals surface area contributed by atoms with Crippen LogP contribution in [0.5, 0.6) is 11.5 Å². The van der Waals surface area contributed by atoms with Gasteiger partial charge in [-0.1, -0.05) is 6.07 Å². The lowest BCUT2D eigenvalue weighted by Crippen LogP contribution is -2.43. The molecular weight excluding hydrogens is 375 g/mol. The molecule has 148 valence electrons. The summed E-state index contributed by atoms with van der Waals surface area (Å²) >= 11 is 0. The maximum atomic E-state index is 12.6. The highest BCUT2D eigenvalue weighted by atomic mass is 19.4.